The molecule has 0 saturated carbocycles. The summed E-state index contributed by atoms with van der Waals surface area (Å²) in [7, 11) is 0. The summed E-state index contributed by atoms with van der Waals surface area (Å²) in [5.41, 5.74) is 5.48. The lowest BCUT2D eigenvalue weighted by Crippen LogP contribution is -2.34. The normalized spacial score (nSPS) is 14.6. The standard InChI is InChI=1S/C17H16Cl2N4S/c18-11-2-1-3-12(8-11)20-10-23-6-4-15-14(9-23)16(22-21-15)13-5-7-24-17(13)19/h1-3,5,7-8,20H,4,6,9-10H2,(H,21,22). The largest absolute Gasteiger partial charge is 0.372 e. The van der Waals surface area contributed by atoms with Gasteiger partial charge in [-0.25, -0.2) is 0 Å². The van der Waals surface area contributed by atoms with Crippen LogP contribution in [-0.2, 0) is 13.0 Å². The molecule has 4 nitrogen and oxygen atoms in total. The molecule has 2 N–H and O–H groups in total. The van der Waals surface area contributed by atoms with Gasteiger partial charge in [-0.05, 0) is 29.6 Å². The summed E-state index contributed by atoms with van der Waals surface area (Å²) in [6.45, 7) is 2.60. The number of H-pyrrole nitrogens is 1. The lowest BCUT2D eigenvalue weighted by atomic mass is 10.0. The van der Waals surface area contributed by atoms with Gasteiger partial charge >= 0.3 is 0 Å². The van der Waals surface area contributed by atoms with E-state index in [9.17, 15) is 0 Å². The van der Waals surface area contributed by atoms with Crippen molar-refractivity contribution < 1.29 is 0 Å². The summed E-state index contributed by atoms with van der Waals surface area (Å²) in [6.07, 6.45) is 0.960. The summed E-state index contributed by atoms with van der Waals surface area (Å²) in [4.78, 5) is 2.36. The van der Waals surface area contributed by atoms with Gasteiger partial charge in [0.05, 0.1) is 12.4 Å². The lowest BCUT2D eigenvalue weighted by Gasteiger charge is -2.27. The monoisotopic (exact) mass is 378 g/mol. The molecule has 0 spiro atoms. The quantitative estimate of drug-likeness (QED) is 0.680. The molecule has 3 heterocycles. The number of halogens is 2. The summed E-state index contributed by atoms with van der Waals surface area (Å²) in [6, 6.07) is 9.82. The van der Waals surface area contributed by atoms with Crippen molar-refractivity contribution in [2.75, 3.05) is 18.5 Å². The van der Waals surface area contributed by atoms with Crippen LogP contribution >= 0.6 is 34.5 Å². The zero-order chi connectivity index (χ0) is 16.5. The van der Waals surface area contributed by atoms with E-state index in [0.717, 1.165) is 52.5 Å². The van der Waals surface area contributed by atoms with Crippen LogP contribution in [0.2, 0.25) is 9.36 Å². The van der Waals surface area contributed by atoms with Crippen molar-refractivity contribution in [3.05, 3.63) is 56.3 Å². The maximum absolute atomic E-state index is 6.29. The number of aromatic nitrogens is 2. The Morgan fingerprint density at radius 1 is 1.29 bits per heavy atom. The molecule has 24 heavy (non-hydrogen) atoms. The molecule has 0 bridgehead atoms. The van der Waals surface area contributed by atoms with Crippen LogP contribution in [0.4, 0.5) is 5.69 Å². The third-order valence-electron chi connectivity index (χ3n) is 4.22. The van der Waals surface area contributed by atoms with Crippen molar-refractivity contribution in [2.24, 2.45) is 0 Å². The third-order valence-corrected chi connectivity index (χ3v) is 5.62. The van der Waals surface area contributed by atoms with E-state index < -0.39 is 0 Å². The van der Waals surface area contributed by atoms with Crippen molar-refractivity contribution in [3.63, 3.8) is 0 Å². The van der Waals surface area contributed by atoms with Gasteiger partial charge in [0.15, 0.2) is 0 Å². The Kier molecular flexibility index (Phi) is 4.50. The zero-order valence-corrected chi connectivity index (χ0v) is 15.2. The molecule has 0 atom stereocenters. The molecule has 4 rings (SSSR count). The summed E-state index contributed by atoms with van der Waals surface area (Å²) >= 11 is 13.9. The highest BCUT2D eigenvalue weighted by Gasteiger charge is 2.23. The van der Waals surface area contributed by atoms with Gasteiger partial charge in [-0.2, -0.15) is 5.10 Å². The number of hydrogen-bond donors (Lipinski definition) is 2. The number of fused-ring (bicyclic) bond motifs is 1. The average Bonchev–Trinajstić information content (AvgIpc) is 3.18. The first-order chi connectivity index (χ1) is 11.7. The van der Waals surface area contributed by atoms with Crippen LogP contribution in [-0.4, -0.2) is 28.3 Å². The molecule has 1 aromatic carbocycles. The van der Waals surface area contributed by atoms with Gasteiger partial charge in [0, 0.05) is 47.0 Å². The van der Waals surface area contributed by atoms with Gasteiger partial charge in [-0.3, -0.25) is 10.00 Å². The van der Waals surface area contributed by atoms with E-state index in [0.29, 0.717) is 0 Å². The molecular weight excluding hydrogens is 363 g/mol. The number of nitrogens with one attached hydrogen (secondary N) is 2. The number of hydrogen-bond acceptors (Lipinski definition) is 4. The summed E-state index contributed by atoms with van der Waals surface area (Å²) in [5, 5.41) is 13.8. The Morgan fingerprint density at radius 3 is 3.00 bits per heavy atom. The molecule has 0 saturated heterocycles. The minimum atomic E-state index is 0.741. The maximum Gasteiger partial charge on any atom is 0.102 e. The average molecular weight is 379 g/mol. The van der Waals surface area contributed by atoms with E-state index in [1.165, 1.54) is 22.6 Å². The topological polar surface area (TPSA) is 44.0 Å². The second kappa shape index (κ2) is 6.76. The first-order valence-electron chi connectivity index (χ1n) is 7.72. The molecule has 0 fully saturated rings. The Balaban J connectivity index is 1.49. The van der Waals surface area contributed by atoms with Crippen LogP contribution in [0.3, 0.4) is 0 Å². The Bertz CT molecular complexity index is 858. The number of nitrogens with zero attached hydrogens (tertiary/aromatic N) is 2. The maximum atomic E-state index is 6.29. The smallest absolute Gasteiger partial charge is 0.102 e. The zero-order valence-electron chi connectivity index (χ0n) is 12.9. The fourth-order valence-corrected chi connectivity index (χ4v) is 4.09. The molecule has 1 aliphatic rings. The molecular formula is C17H16Cl2N4S. The number of thiophene rings is 1. The Labute approximate surface area is 154 Å². The predicted molar refractivity (Wildman–Crippen MR) is 101 cm³/mol. The van der Waals surface area contributed by atoms with Crippen LogP contribution in [0.15, 0.2) is 35.7 Å². The number of rotatable bonds is 4. The van der Waals surface area contributed by atoms with Crippen LogP contribution in [0, 0.1) is 0 Å². The van der Waals surface area contributed by atoms with Crippen molar-refractivity contribution >= 4 is 40.2 Å². The van der Waals surface area contributed by atoms with Crippen LogP contribution in [0.5, 0.6) is 0 Å². The second-order valence-electron chi connectivity index (χ2n) is 5.79. The molecule has 0 radical (unpaired) electrons. The highest BCUT2D eigenvalue weighted by atomic mass is 35.5. The van der Waals surface area contributed by atoms with Gasteiger partial charge in [0.2, 0.25) is 0 Å². The van der Waals surface area contributed by atoms with E-state index in [-0.39, 0.29) is 0 Å². The predicted octanol–water partition coefficient (Wildman–Crippen LogP) is 4.87. The minimum Gasteiger partial charge on any atom is -0.372 e. The van der Waals surface area contributed by atoms with E-state index in [4.69, 9.17) is 23.2 Å². The summed E-state index contributed by atoms with van der Waals surface area (Å²) < 4.78 is 0.790. The molecule has 0 amide bonds. The molecule has 7 heteroatoms. The van der Waals surface area contributed by atoms with E-state index in [2.05, 4.69) is 20.4 Å². The van der Waals surface area contributed by atoms with E-state index in [1.54, 1.807) is 0 Å². The van der Waals surface area contributed by atoms with Gasteiger partial charge in [-0.15, -0.1) is 11.3 Å². The summed E-state index contributed by atoms with van der Waals surface area (Å²) in [5.74, 6) is 0. The van der Waals surface area contributed by atoms with E-state index in [1.807, 2.05) is 35.7 Å². The van der Waals surface area contributed by atoms with Crippen molar-refractivity contribution in [2.45, 2.75) is 13.0 Å². The van der Waals surface area contributed by atoms with Crippen LogP contribution in [0.1, 0.15) is 11.3 Å². The van der Waals surface area contributed by atoms with Crippen molar-refractivity contribution in [1.82, 2.24) is 15.1 Å². The fraction of sp³-hybridized carbons (Fsp3) is 0.235. The first-order valence-corrected chi connectivity index (χ1v) is 9.35. The van der Waals surface area contributed by atoms with Gasteiger partial charge in [0.1, 0.15) is 4.34 Å². The molecule has 3 aromatic rings. The SMILES string of the molecule is Clc1cccc(NCN2CCc3[nH]nc(-c4ccsc4Cl)c3C2)c1. The molecule has 0 unspecified atom stereocenters. The Hall–Kier alpha value is -1.53. The molecule has 2 aromatic heterocycles. The molecule has 124 valence electrons. The number of benzene rings is 1. The van der Waals surface area contributed by atoms with Gasteiger partial charge in [-0.1, -0.05) is 29.3 Å². The fourth-order valence-electron chi connectivity index (χ4n) is 2.97. The number of anilines is 1. The number of aromatic amines is 1. The van der Waals surface area contributed by atoms with Crippen molar-refractivity contribution in [1.29, 1.82) is 0 Å². The van der Waals surface area contributed by atoms with Crippen molar-refractivity contribution in [3.8, 4) is 11.3 Å². The van der Waals surface area contributed by atoms with Crippen LogP contribution in [0.25, 0.3) is 11.3 Å². The van der Waals surface area contributed by atoms with Gasteiger partial charge in [0.25, 0.3) is 0 Å². The minimum absolute atomic E-state index is 0.741. The second-order valence-corrected chi connectivity index (χ2v) is 7.74. The lowest BCUT2D eigenvalue weighted by molar-refractivity contribution is 0.272. The molecule has 0 aliphatic carbocycles. The molecule has 1 aliphatic heterocycles. The first kappa shape index (κ1) is 16.0. The van der Waals surface area contributed by atoms with Gasteiger partial charge < -0.3 is 5.32 Å². The third kappa shape index (κ3) is 3.17. The Morgan fingerprint density at radius 2 is 2.21 bits per heavy atom. The van der Waals surface area contributed by atoms with Crippen LogP contribution < -0.4 is 5.32 Å². The highest BCUT2D eigenvalue weighted by Crippen LogP contribution is 2.35. The highest BCUT2D eigenvalue weighted by molar-refractivity contribution is 7.15. The van der Waals surface area contributed by atoms with E-state index >= 15 is 0 Å².